The SMILES string of the molecule is CNc1cc(F)cc(C)c1N=Cc1cnc(NCCCC2CCN(C)CC2)nc1C1CC1. The van der Waals surface area contributed by atoms with Crippen LogP contribution in [0.25, 0.3) is 0 Å². The van der Waals surface area contributed by atoms with Crippen LogP contribution in [-0.2, 0) is 0 Å². The van der Waals surface area contributed by atoms with Gasteiger partial charge in [0.1, 0.15) is 5.82 Å². The van der Waals surface area contributed by atoms with Gasteiger partial charge in [-0.3, -0.25) is 4.99 Å². The highest BCUT2D eigenvalue weighted by Gasteiger charge is 2.28. The number of aryl methyl sites for hydroxylation is 1. The molecule has 4 rings (SSSR count). The zero-order chi connectivity index (χ0) is 22.5. The van der Waals surface area contributed by atoms with E-state index in [0.717, 1.165) is 54.2 Å². The smallest absolute Gasteiger partial charge is 0.222 e. The second-order valence-corrected chi connectivity index (χ2v) is 9.25. The van der Waals surface area contributed by atoms with Crippen LogP contribution in [0.2, 0.25) is 0 Å². The Hall–Kier alpha value is -2.54. The van der Waals surface area contributed by atoms with E-state index in [9.17, 15) is 4.39 Å². The van der Waals surface area contributed by atoms with Crippen LogP contribution >= 0.6 is 0 Å². The van der Waals surface area contributed by atoms with Gasteiger partial charge < -0.3 is 15.5 Å². The van der Waals surface area contributed by atoms with E-state index in [1.165, 1.54) is 44.5 Å². The third kappa shape index (κ3) is 5.82. The first-order valence-corrected chi connectivity index (χ1v) is 11.8. The van der Waals surface area contributed by atoms with Gasteiger partial charge in [0.05, 0.1) is 17.1 Å². The van der Waals surface area contributed by atoms with Crippen LogP contribution in [0, 0.1) is 18.7 Å². The Bertz CT molecular complexity index is 948. The average molecular weight is 439 g/mol. The summed E-state index contributed by atoms with van der Waals surface area (Å²) in [6, 6.07) is 2.97. The molecule has 2 heterocycles. The minimum absolute atomic E-state index is 0.265. The number of hydrogen-bond donors (Lipinski definition) is 2. The molecule has 1 saturated carbocycles. The molecule has 0 radical (unpaired) electrons. The monoisotopic (exact) mass is 438 g/mol. The molecule has 32 heavy (non-hydrogen) atoms. The molecule has 0 atom stereocenters. The molecule has 1 aromatic heterocycles. The lowest BCUT2D eigenvalue weighted by Crippen LogP contribution is -2.30. The molecule has 2 aliphatic rings. The molecule has 1 saturated heterocycles. The number of aliphatic imine (C=N–C) groups is 1. The van der Waals surface area contributed by atoms with Crippen LogP contribution in [0.15, 0.2) is 23.3 Å². The molecule has 2 fully saturated rings. The van der Waals surface area contributed by atoms with E-state index in [0.29, 0.717) is 17.6 Å². The summed E-state index contributed by atoms with van der Waals surface area (Å²) in [5.41, 5.74) is 4.21. The summed E-state index contributed by atoms with van der Waals surface area (Å²) in [5.74, 6) is 1.78. The van der Waals surface area contributed by atoms with Crippen molar-refractivity contribution in [2.75, 3.05) is 44.4 Å². The van der Waals surface area contributed by atoms with Crippen LogP contribution in [0.3, 0.4) is 0 Å². The van der Waals surface area contributed by atoms with E-state index < -0.39 is 0 Å². The van der Waals surface area contributed by atoms with Gasteiger partial charge >= 0.3 is 0 Å². The predicted molar refractivity (Wildman–Crippen MR) is 130 cm³/mol. The molecular formula is C25H35FN6. The van der Waals surface area contributed by atoms with Gasteiger partial charge in [-0.2, -0.15) is 0 Å². The molecule has 0 spiro atoms. The molecule has 2 aromatic rings. The second-order valence-electron chi connectivity index (χ2n) is 9.25. The van der Waals surface area contributed by atoms with E-state index in [-0.39, 0.29) is 5.82 Å². The zero-order valence-corrected chi connectivity index (χ0v) is 19.5. The average Bonchev–Trinajstić information content (AvgIpc) is 3.62. The number of rotatable bonds is 9. The van der Waals surface area contributed by atoms with Crippen LogP contribution in [-0.4, -0.2) is 54.8 Å². The third-order valence-corrected chi connectivity index (χ3v) is 6.59. The quantitative estimate of drug-likeness (QED) is 0.420. The number of nitrogens with zero attached hydrogens (tertiary/aromatic N) is 4. The fourth-order valence-electron chi connectivity index (χ4n) is 4.45. The van der Waals surface area contributed by atoms with Gasteiger partial charge in [-0.1, -0.05) is 0 Å². The Morgan fingerprint density at radius 3 is 2.72 bits per heavy atom. The lowest BCUT2D eigenvalue weighted by molar-refractivity contribution is 0.211. The first-order valence-electron chi connectivity index (χ1n) is 11.8. The van der Waals surface area contributed by atoms with E-state index in [1.807, 2.05) is 19.3 Å². The van der Waals surface area contributed by atoms with E-state index >= 15 is 0 Å². The van der Waals surface area contributed by atoms with Crippen LogP contribution in [0.1, 0.15) is 61.3 Å². The normalized spacial score (nSPS) is 17.8. The molecule has 7 heteroatoms. The maximum atomic E-state index is 13.7. The van der Waals surface area contributed by atoms with Crippen LogP contribution < -0.4 is 10.6 Å². The first-order chi connectivity index (χ1) is 15.5. The minimum atomic E-state index is -0.265. The largest absolute Gasteiger partial charge is 0.386 e. The van der Waals surface area contributed by atoms with Gasteiger partial charge in [-0.15, -0.1) is 0 Å². The van der Waals surface area contributed by atoms with Crippen molar-refractivity contribution in [2.45, 2.75) is 51.4 Å². The number of halogens is 1. The number of nitrogens with one attached hydrogen (secondary N) is 2. The Labute approximate surface area is 190 Å². The molecule has 1 aliphatic heterocycles. The van der Waals surface area contributed by atoms with E-state index in [1.54, 1.807) is 7.05 Å². The summed E-state index contributed by atoms with van der Waals surface area (Å²) in [6.45, 7) is 5.22. The molecule has 1 aromatic carbocycles. The predicted octanol–water partition coefficient (Wildman–Crippen LogP) is 5.13. The van der Waals surface area contributed by atoms with Crippen LogP contribution in [0.5, 0.6) is 0 Å². The number of anilines is 2. The number of benzene rings is 1. The maximum absolute atomic E-state index is 13.7. The van der Waals surface area contributed by atoms with Crippen molar-refractivity contribution < 1.29 is 4.39 Å². The van der Waals surface area contributed by atoms with E-state index in [2.05, 4.69) is 32.6 Å². The number of likely N-dealkylation sites (tertiary alicyclic amines) is 1. The summed E-state index contributed by atoms with van der Waals surface area (Å²) in [5, 5.41) is 6.45. The fraction of sp³-hybridized carbons (Fsp3) is 0.560. The van der Waals surface area contributed by atoms with Gasteiger partial charge in [-0.05, 0) is 89.2 Å². The molecule has 0 bridgehead atoms. The summed E-state index contributed by atoms with van der Waals surface area (Å²) in [7, 11) is 3.99. The third-order valence-electron chi connectivity index (χ3n) is 6.59. The number of aromatic nitrogens is 2. The molecule has 1 aliphatic carbocycles. The van der Waals surface area contributed by atoms with Gasteiger partial charge in [-0.25, -0.2) is 14.4 Å². The van der Waals surface area contributed by atoms with E-state index in [4.69, 9.17) is 4.98 Å². The van der Waals surface area contributed by atoms with Crippen molar-refractivity contribution in [1.29, 1.82) is 0 Å². The van der Waals surface area contributed by atoms with Crippen molar-refractivity contribution in [1.82, 2.24) is 14.9 Å². The second kappa shape index (κ2) is 10.4. The summed E-state index contributed by atoms with van der Waals surface area (Å²) in [6.07, 6.45) is 11.0. The van der Waals surface area contributed by atoms with Crippen molar-refractivity contribution in [3.8, 4) is 0 Å². The Balaban J connectivity index is 1.39. The number of piperidine rings is 1. The molecule has 0 amide bonds. The van der Waals surface area contributed by atoms with Gasteiger partial charge in [0.25, 0.3) is 0 Å². The number of hydrogen-bond acceptors (Lipinski definition) is 6. The Kier molecular flexibility index (Phi) is 7.35. The molecular weight excluding hydrogens is 403 g/mol. The highest BCUT2D eigenvalue weighted by Crippen LogP contribution is 2.40. The molecule has 6 nitrogen and oxygen atoms in total. The van der Waals surface area contributed by atoms with Crippen molar-refractivity contribution in [3.63, 3.8) is 0 Å². The lowest BCUT2D eigenvalue weighted by Gasteiger charge is -2.28. The maximum Gasteiger partial charge on any atom is 0.222 e. The lowest BCUT2D eigenvalue weighted by atomic mass is 9.92. The fourth-order valence-corrected chi connectivity index (χ4v) is 4.45. The molecule has 2 N–H and O–H groups in total. The van der Waals surface area contributed by atoms with Crippen LogP contribution in [0.4, 0.5) is 21.7 Å². The van der Waals surface area contributed by atoms with Crippen molar-refractivity contribution in [2.24, 2.45) is 10.9 Å². The Morgan fingerprint density at radius 2 is 2.00 bits per heavy atom. The summed E-state index contributed by atoms with van der Waals surface area (Å²) < 4.78 is 13.7. The molecule has 172 valence electrons. The minimum Gasteiger partial charge on any atom is -0.386 e. The Morgan fingerprint density at radius 1 is 1.22 bits per heavy atom. The highest BCUT2D eigenvalue weighted by molar-refractivity contribution is 5.86. The highest BCUT2D eigenvalue weighted by atomic mass is 19.1. The topological polar surface area (TPSA) is 65.4 Å². The van der Waals surface area contributed by atoms with Gasteiger partial charge in [0, 0.05) is 37.5 Å². The van der Waals surface area contributed by atoms with Gasteiger partial charge in [0.2, 0.25) is 5.95 Å². The zero-order valence-electron chi connectivity index (χ0n) is 19.5. The summed E-state index contributed by atoms with van der Waals surface area (Å²) in [4.78, 5) is 16.4. The standard InChI is InChI=1S/C25H35FN6/c1-17-13-21(26)14-22(27-2)23(17)29-15-20-16-30-25(31-24(20)19-6-7-19)28-10-4-5-18-8-11-32(3)12-9-18/h13-16,18-19,27H,4-12H2,1-3H3,(H,28,30,31). The summed E-state index contributed by atoms with van der Waals surface area (Å²) >= 11 is 0. The van der Waals surface area contributed by atoms with Crippen molar-refractivity contribution in [3.05, 3.63) is 41.0 Å². The molecule has 0 unspecified atom stereocenters. The van der Waals surface area contributed by atoms with Crippen molar-refractivity contribution >= 4 is 23.5 Å². The first kappa shape index (κ1) is 22.6. The van der Waals surface area contributed by atoms with Gasteiger partial charge in [0.15, 0.2) is 0 Å².